The SMILES string of the molecule is CC(=O)OCOc1c2n(ccc1=O)N(C1c3ccc(F)cc3CSc3c(F)cccc31)CC1(CC1)C2=O. The molecular weight excluding hydrogens is 502 g/mol. The van der Waals surface area contributed by atoms with Gasteiger partial charge < -0.3 is 9.47 Å². The molecule has 0 saturated heterocycles. The lowest BCUT2D eigenvalue weighted by Gasteiger charge is -2.43. The average Bonchev–Trinajstić information content (AvgIpc) is 3.65. The Hall–Kier alpha value is -3.66. The third kappa shape index (κ3) is 3.90. The Morgan fingerprint density at radius 3 is 2.70 bits per heavy atom. The number of ketones is 1. The quantitative estimate of drug-likeness (QED) is 0.371. The number of benzene rings is 2. The first-order valence-corrected chi connectivity index (χ1v) is 12.8. The van der Waals surface area contributed by atoms with Crippen LogP contribution in [0.25, 0.3) is 0 Å². The molecule has 1 spiro atoms. The monoisotopic (exact) mass is 524 g/mol. The van der Waals surface area contributed by atoms with Crippen LogP contribution in [0.4, 0.5) is 8.78 Å². The van der Waals surface area contributed by atoms with Crippen LogP contribution in [0, 0.1) is 17.0 Å². The zero-order valence-electron chi connectivity index (χ0n) is 19.8. The Morgan fingerprint density at radius 2 is 1.95 bits per heavy atom. The minimum Gasteiger partial charge on any atom is -0.451 e. The lowest BCUT2D eigenvalue weighted by Crippen LogP contribution is -2.52. The maximum atomic E-state index is 15.1. The largest absolute Gasteiger partial charge is 0.451 e. The number of rotatable bonds is 4. The molecule has 3 aliphatic rings. The molecule has 6 rings (SSSR count). The topological polar surface area (TPSA) is 77.8 Å². The number of carbonyl (C=O) groups excluding carboxylic acids is 2. The maximum absolute atomic E-state index is 15.1. The molecule has 0 radical (unpaired) electrons. The van der Waals surface area contributed by atoms with Crippen LogP contribution in [0.15, 0.2) is 58.4 Å². The summed E-state index contributed by atoms with van der Waals surface area (Å²) in [5.41, 5.74) is 1.02. The van der Waals surface area contributed by atoms with Gasteiger partial charge in [-0.2, -0.15) is 0 Å². The fourth-order valence-corrected chi connectivity index (χ4v) is 6.30. The molecule has 1 atom stereocenters. The van der Waals surface area contributed by atoms with Crippen molar-refractivity contribution < 1.29 is 27.8 Å². The number of carbonyl (C=O) groups is 2. The lowest BCUT2D eigenvalue weighted by molar-refractivity contribution is -0.147. The highest BCUT2D eigenvalue weighted by Crippen LogP contribution is 2.54. The third-order valence-electron chi connectivity index (χ3n) is 7.15. The molecule has 1 aliphatic carbocycles. The van der Waals surface area contributed by atoms with Gasteiger partial charge in [-0.05, 0) is 47.7 Å². The molecule has 37 heavy (non-hydrogen) atoms. The van der Waals surface area contributed by atoms with Crippen LogP contribution in [0.1, 0.15) is 53.0 Å². The molecular formula is C27H22F2N2O5S. The molecule has 10 heteroatoms. The molecule has 1 unspecified atom stereocenters. The van der Waals surface area contributed by atoms with Crippen LogP contribution < -0.4 is 15.2 Å². The second kappa shape index (κ2) is 8.72. The number of halogens is 2. The van der Waals surface area contributed by atoms with Gasteiger partial charge in [0.2, 0.25) is 12.2 Å². The zero-order chi connectivity index (χ0) is 25.9. The zero-order valence-corrected chi connectivity index (χ0v) is 20.6. The van der Waals surface area contributed by atoms with Gasteiger partial charge in [-0.3, -0.25) is 24.1 Å². The molecule has 1 saturated carbocycles. The first-order valence-electron chi connectivity index (χ1n) is 11.8. The highest BCUT2D eigenvalue weighted by atomic mass is 32.2. The minimum atomic E-state index is -0.722. The first-order chi connectivity index (χ1) is 17.8. The number of hydrogen-bond acceptors (Lipinski definition) is 7. The van der Waals surface area contributed by atoms with Gasteiger partial charge in [-0.15, -0.1) is 11.8 Å². The summed E-state index contributed by atoms with van der Waals surface area (Å²) < 4.78 is 41.3. The second-order valence-electron chi connectivity index (χ2n) is 9.50. The number of Topliss-reactive ketones (excluding diaryl/α,β-unsaturated/α-hetero) is 1. The number of ether oxygens (including phenoxy) is 2. The predicted molar refractivity (Wildman–Crippen MR) is 131 cm³/mol. The standard InChI is InChI=1S/C27H22F2N2O5S/c1-15(32)35-14-36-24-21(33)7-10-30-23(24)26(34)27(8-9-27)13-31(30)22-18-6-5-17(28)11-16(18)12-37-25-19(22)3-2-4-20(25)29/h2-7,10-11,22H,8-9,12-14H2,1H3. The van der Waals surface area contributed by atoms with Crippen molar-refractivity contribution in [2.24, 2.45) is 5.41 Å². The summed E-state index contributed by atoms with van der Waals surface area (Å²) in [4.78, 5) is 38.2. The third-order valence-corrected chi connectivity index (χ3v) is 8.33. The molecule has 1 aromatic heterocycles. The van der Waals surface area contributed by atoms with Crippen LogP contribution in [0.3, 0.4) is 0 Å². The smallest absolute Gasteiger partial charge is 0.305 e. The van der Waals surface area contributed by atoms with E-state index in [0.717, 1.165) is 11.1 Å². The van der Waals surface area contributed by atoms with E-state index in [1.807, 2.05) is 11.1 Å². The van der Waals surface area contributed by atoms with Crippen LogP contribution in [0.5, 0.6) is 5.75 Å². The molecule has 3 heterocycles. The molecule has 2 aliphatic heterocycles. The minimum absolute atomic E-state index is 0.0573. The summed E-state index contributed by atoms with van der Waals surface area (Å²) in [6, 6.07) is 10.1. The molecule has 1 fully saturated rings. The van der Waals surface area contributed by atoms with Crippen molar-refractivity contribution in [1.82, 2.24) is 4.68 Å². The van der Waals surface area contributed by atoms with Crippen molar-refractivity contribution in [2.45, 2.75) is 36.5 Å². The highest BCUT2D eigenvalue weighted by Gasteiger charge is 2.57. The molecule has 7 nitrogen and oxygen atoms in total. The maximum Gasteiger partial charge on any atom is 0.305 e. The van der Waals surface area contributed by atoms with Gasteiger partial charge in [0.1, 0.15) is 11.6 Å². The first kappa shape index (κ1) is 23.7. The fourth-order valence-electron chi connectivity index (χ4n) is 5.20. The van der Waals surface area contributed by atoms with Crippen molar-refractivity contribution in [2.75, 3.05) is 18.3 Å². The van der Waals surface area contributed by atoms with Gasteiger partial charge in [0.15, 0.2) is 17.2 Å². The second-order valence-corrected chi connectivity index (χ2v) is 10.5. The van der Waals surface area contributed by atoms with Crippen molar-refractivity contribution in [3.05, 3.63) is 92.9 Å². The summed E-state index contributed by atoms with van der Waals surface area (Å²) in [7, 11) is 0. The van der Waals surface area contributed by atoms with Crippen molar-refractivity contribution >= 4 is 23.5 Å². The van der Waals surface area contributed by atoms with E-state index in [0.29, 0.717) is 35.6 Å². The van der Waals surface area contributed by atoms with Crippen molar-refractivity contribution in [3.8, 4) is 5.75 Å². The number of hydrogen-bond donors (Lipinski definition) is 0. The van der Waals surface area contributed by atoms with E-state index < -0.39 is 29.6 Å². The Morgan fingerprint density at radius 1 is 1.14 bits per heavy atom. The summed E-state index contributed by atoms with van der Waals surface area (Å²) >= 11 is 1.30. The number of fused-ring (bicyclic) bond motifs is 3. The van der Waals surface area contributed by atoms with Crippen LogP contribution in [-0.2, 0) is 15.3 Å². The number of pyridine rings is 1. The molecule has 3 aromatic rings. The van der Waals surface area contributed by atoms with Crippen LogP contribution >= 0.6 is 11.8 Å². The van der Waals surface area contributed by atoms with E-state index in [-0.39, 0.29) is 28.9 Å². The van der Waals surface area contributed by atoms with E-state index in [1.165, 1.54) is 49.1 Å². The molecule has 0 amide bonds. The van der Waals surface area contributed by atoms with E-state index in [1.54, 1.807) is 16.8 Å². The van der Waals surface area contributed by atoms with Gasteiger partial charge in [-0.25, -0.2) is 8.78 Å². The highest BCUT2D eigenvalue weighted by molar-refractivity contribution is 7.98. The van der Waals surface area contributed by atoms with E-state index in [4.69, 9.17) is 9.47 Å². The predicted octanol–water partition coefficient (Wildman–Crippen LogP) is 4.34. The van der Waals surface area contributed by atoms with Gasteiger partial charge in [0, 0.05) is 36.4 Å². The summed E-state index contributed by atoms with van der Waals surface area (Å²) in [6.45, 7) is 1.02. The molecule has 2 aromatic carbocycles. The number of esters is 1. The van der Waals surface area contributed by atoms with Crippen molar-refractivity contribution in [1.29, 1.82) is 0 Å². The summed E-state index contributed by atoms with van der Waals surface area (Å²) in [6.07, 6.45) is 2.76. The van der Waals surface area contributed by atoms with E-state index in [2.05, 4.69) is 0 Å². The number of thioether (sulfide) groups is 1. The Kier molecular flexibility index (Phi) is 5.59. The van der Waals surface area contributed by atoms with Gasteiger partial charge in [0.05, 0.1) is 11.5 Å². The van der Waals surface area contributed by atoms with E-state index >= 15 is 4.39 Å². The van der Waals surface area contributed by atoms with Crippen LogP contribution in [0.2, 0.25) is 0 Å². The number of nitrogens with zero attached hydrogens (tertiary/aromatic N) is 2. The molecule has 0 bridgehead atoms. The fraction of sp³-hybridized carbons (Fsp3) is 0.296. The Balaban J connectivity index is 1.57. The molecule has 0 N–H and O–H groups in total. The van der Waals surface area contributed by atoms with Gasteiger partial charge >= 0.3 is 5.97 Å². The van der Waals surface area contributed by atoms with E-state index in [9.17, 15) is 18.8 Å². The van der Waals surface area contributed by atoms with Crippen LogP contribution in [-0.4, -0.2) is 29.8 Å². The Bertz CT molecular complexity index is 1520. The number of aromatic nitrogens is 1. The average molecular weight is 525 g/mol. The van der Waals surface area contributed by atoms with Gasteiger partial charge in [-0.1, -0.05) is 18.2 Å². The molecule has 190 valence electrons. The summed E-state index contributed by atoms with van der Waals surface area (Å²) in [5.74, 6) is -1.39. The van der Waals surface area contributed by atoms with Crippen molar-refractivity contribution in [3.63, 3.8) is 0 Å². The summed E-state index contributed by atoms with van der Waals surface area (Å²) in [5, 5.41) is 1.93. The lowest BCUT2D eigenvalue weighted by atomic mass is 9.90. The normalized spacial score (nSPS) is 18.9. The Labute approximate surface area is 215 Å². The van der Waals surface area contributed by atoms with Gasteiger partial charge in [0.25, 0.3) is 0 Å².